The van der Waals surface area contributed by atoms with Crippen molar-refractivity contribution in [1.29, 1.82) is 0 Å². The molecule has 2 unspecified atom stereocenters. The number of aromatic nitrogens is 2. The predicted molar refractivity (Wildman–Crippen MR) is 139 cm³/mol. The number of rotatable bonds is 21. The number of hydrogen-bond donors (Lipinski definition) is 0. The fourth-order valence-corrected chi connectivity index (χ4v) is 4.96. The monoisotopic (exact) mass is 432 g/mol. The summed E-state index contributed by atoms with van der Waals surface area (Å²) in [5.74, 6) is 2.63. The van der Waals surface area contributed by atoms with Gasteiger partial charge in [-0.25, -0.2) is 4.98 Å². The van der Waals surface area contributed by atoms with Crippen LogP contribution in [-0.4, -0.2) is 9.55 Å². The molecule has 182 valence electrons. The van der Waals surface area contributed by atoms with Crippen molar-refractivity contribution in [1.82, 2.24) is 9.55 Å². The third-order valence-corrected chi connectivity index (χ3v) is 7.15. The first-order valence-electron chi connectivity index (χ1n) is 14.1. The van der Waals surface area contributed by atoms with Gasteiger partial charge in [0, 0.05) is 24.4 Å². The zero-order chi connectivity index (χ0) is 22.7. The lowest BCUT2D eigenvalue weighted by Gasteiger charge is -2.25. The quantitative estimate of drug-likeness (QED) is 0.177. The average Bonchev–Trinajstić information content (AvgIpc) is 3.23. The largest absolute Gasteiger partial charge is 0.332 e. The van der Waals surface area contributed by atoms with Crippen molar-refractivity contribution < 1.29 is 0 Å². The zero-order valence-corrected chi connectivity index (χ0v) is 22.0. The summed E-state index contributed by atoms with van der Waals surface area (Å²) in [5.41, 5.74) is 0. The minimum Gasteiger partial charge on any atom is -0.332 e. The second-order valence-electron chi connectivity index (χ2n) is 10.4. The minimum absolute atomic E-state index is 0.581. The van der Waals surface area contributed by atoms with E-state index in [1.807, 2.05) is 6.20 Å². The second kappa shape index (κ2) is 18.8. The molecule has 31 heavy (non-hydrogen) atoms. The Morgan fingerprint density at radius 3 is 1.58 bits per heavy atom. The lowest BCUT2D eigenvalue weighted by atomic mass is 9.89. The maximum atomic E-state index is 4.85. The first kappa shape index (κ1) is 28.2. The highest BCUT2D eigenvalue weighted by Crippen LogP contribution is 2.31. The van der Waals surface area contributed by atoms with Gasteiger partial charge in [-0.05, 0) is 25.7 Å². The highest BCUT2D eigenvalue weighted by Gasteiger charge is 2.22. The Morgan fingerprint density at radius 2 is 1.10 bits per heavy atom. The normalized spacial score (nSPS) is 13.7. The van der Waals surface area contributed by atoms with Gasteiger partial charge < -0.3 is 4.57 Å². The first-order chi connectivity index (χ1) is 15.1. The standard InChI is InChI=1S/C29H56N2/c1-6-8-10-12-14-15-16-17-19-21-23-28(26(3)4)29-30-24-25-31(29)27(5)22-20-18-13-11-9-7-2/h24-28H,6-23H2,1-5H3. The molecule has 0 spiro atoms. The Kier molecular flexibility index (Phi) is 17.1. The van der Waals surface area contributed by atoms with Crippen LogP contribution in [0.25, 0.3) is 0 Å². The number of nitrogens with zero attached hydrogens (tertiary/aromatic N) is 2. The molecular weight excluding hydrogens is 376 g/mol. The van der Waals surface area contributed by atoms with Crippen molar-refractivity contribution in [3.8, 4) is 0 Å². The predicted octanol–water partition coefficient (Wildman–Crippen LogP) is 10.2. The van der Waals surface area contributed by atoms with Gasteiger partial charge in [0.05, 0.1) is 0 Å². The smallest absolute Gasteiger partial charge is 0.112 e. The summed E-state index contributed by atoms with van der Waals surface area (Å²) in [6.45, 7) is 11.8. The van der Waals surface area contributed by atoms with Gasteiger partial charge in [-0.3, -0.25) is 0 Å². The topological polar surface area (TPSA) is 17.8 Å². The Morgan fingerprint density at radius 1 is 0.645 bits per heavy atom. The van der Waals surface area contributed by atoms with Crippen molar-refractivity contribution in [2.75, 3.05) is 0 Å². The van der Waals surface area contributed by atoms with Gasteiger partial charge >= 0.3 is 0 Å². The molecule has 1 aromatic heterocycles. The summed E-state index contributed by atoms with van der Waals surface area (Å²) in [7, 11) is 0. The molecule has 0 N–H and O–H groups in total. The molecule has 0 bridgehead atoms. The van der Waals surface area contributed by atoms with E-state index in [0.29, 0.717) is 17.9 Å². The van der Waals surface area contributed by atoms with E-state index in [1.165, 1.54) is 121 Å². The van der Waals surface area contributed by atoms with Crippen molar-refractivity contribution in [3.05, 3.63) is 18.2 Å². The number of unbranched alkanes of at least 4 members (excludes halogenated alkanes) is 14. The fourth-order valence-electron chi connectivity index (χ4n) is 4.96. The van der Waals surface area contributed by atoms with Crippen LogP contribution in [0.15, 0.2) is 12.4 Å². The summed E-state index contributed by atoms with van der Waals surface area (Å²) in [4.78, 5) is 4.85. The van der Waals surface area contributed by atoms with Crippen LogP contribution in [-0.2, 0) is 0 Å². The van der Waals surface area contributed by atoms with Crippen molar-refractivity contribution in [2.24, 2.45) is 5.92 Å². The van der Waals surface area contributed by atoms with Crippen LogP contribution in [0.3, 0.4) is 0 Å². The third-order valence-electron chi connectivity index (χ3n) is 7.15. The Labute approximate surface area is 196 Å². The molecule has 0 amide bonds. The summed E-state index contributed by atoms with van der Waals surface area (Å²) in [5, 5.41) is 0. The molecule has 0 aliphatic heterocycles. The Hall–Kier alpha value is -0.790. The SMILES string of the molecule is CCCCCCCCCCCCC(c1nccn1C(C)CCCCCCCC)C(C)C. The molecule has 0 saturated carbocycles. The second-order valence-corrected chi connectivity index (χ2v) is 10.4. The van der Waals surface area contributed by atoms with E-state index in [9.17, 15) is 0 Å². The van der Waals surface area contributed by atoms with Crippen molar-refractivity contribution in [2.45, 2.75) is 162 Å². The van der Waals surface area contributed by atoms with Gasteiger partial charge in [-0.15, -0.1) is 0 Å². The van der Waals surface area contributed by atoms with E-state index in [0.717, 1.165) is 0 Å². The highest BCUT2D eigenvalue weighted by molar-refractivity contribution is 5.03. The van der Waals surface area contributed by atoms with Crippen LogP contribution in [0.1, 0.15) is 168 Å². The molecule has 2 atom stereocenters. The first-order valence-corrected chi connectivity index (χ1v) is 14.1. The van der Waals surface area contributed by atoms with Gasteiger partial charge in [-0.1, -0.05) is 130 Å². The van der Waals surface area contributed by atoms with E-state index in [-0.39, 0.29) is 0 Å². The molecule has 2 nitrogen and oxygen atoms in total. The average molecular weight is 433 g/mol. The highest BCUT2D eigenvalue weighted by atomic mass is 15.1. The Bertz CT molecular complexity index is 505. The lowest BCUT2D eigenvalue weighted by molar-refractivity contribution is 0.382. The van der Waals surface area contributed by atoms with Crippen LogP contribution >= 0.6 is 0 Å². The molecule has 0 saturated heterocycles. The van der Waals surface area contributed by atoms with Crippen LogP contribution in [0.4, 0.5) is 0 Å². The molecule has 0 fully saturated rings. The van der Waals surface area contributed by atoms with E-state index >= 15 is 0 Å². The summed E-state index contributed by atoms with van der Waals surface area (Å²) >= 11 is 0. The Balaban J connectivity index is 2.33. The van der Waals surface area contributed by atoms with E-state index in [4.69, 9.17) is 4.98 Å². The van der Waals surface area contributed by atoms with E-state index < -0.39 is 0 Å². The molecule has 0 aliphatic carbocycles. The van der Waals surface area contributed by atoms with Crippen LogP contribution < -0.4 is 0 Å². The molecule has 0 aliphatic rings. The van der Waals surface area contributed by atoms with Crippen molar-refractivity contribution >= 4 is 0 Å². The number of hydrogen-bond acceptors (Lipinski definition) is 1. The van der Waals surface area contributed by atoms with Gasteiger partial charge in [0.1, 0.15) is 5.82 Å². The van der Waals surface area contributed by atoms with E-state index in [2.05, 4.69) is 45.4 Å². The zero-order valence-electron chi connectivity index (χ0n) is 22.0. The van der Waals surface area contributed by atoms with Crippen molar-refractivity contribution in [3.63, 3.8) is 0 Å². The summed E-state index contributed by atoms with van der Waals surface area (Å²) in [6, 6.07) is 0.581. The van der Waals surface area contributed by atoms with Gasteiger partial charge in [0.25, 0.3) is 0 Å². The molecule has 1 heterocycles. The molecule has 0 radical (unpaired) electrons. The fraction of sp³-hybridized carbons (Fsp3) is 0.897. The van der Waals surface area contributed by atoms with E-state index in [1.54, 1.807) is 0 Å². The number of imidazole rings is 1. The third kappa shape index (κ3) is 12.7. The van der Waals surface area contributed by atoms with Crippen LogP contribution in [0, 0.1) is 5.92 Å². The van der Waals surface area contributed by atoms with Gasteiger partial charge in [0.15, 0.2) is 0 Å². The van der Waals surface area contributed by atoms with Gasteiger partial charge in [-0.2, -0.15) is 0 Å². The maximum Gasteiger partial charge on any atom is 0.112 e. The summed E-state index contributed by atoms with van der Waals surface area (Å²) < 4.78 is 2.51. The minimum atomic E-state index is 0.581. The molecule has 1 rings (SSSR count). The molecule has 1 aromatic rings. The lowest BCUT2D eigenvalue weighted by Crippen LogP contribution is -2.16. The molecule has 2 heteroatoms. The summed E-state index contributed by atoms with van der Waals surface area (Å²) in [6.07, 6.45) is 29.3. The molecule has 0 aromatic carbocycles. The maximum absolute atomic E-state index is 4.85. The van der Waals surface area contributed by atoms with Crippen LogP contribution in [0.5, 0.6) is 0 Å². The van der Waals surface area contributed by atoms with Gasteiger partial charge in [0.2, 0.25) is 0 Å². The van der Waals surface area contributed by atoms with Crippen LogP contribution in [0.2, 0.25) is 0 Å². The molecular formula is C29H56N2.